The number of carbonyl (C=O) groups is 1. The van der Waals surface area contributed by atoms with Gasteiger partial charge < -0.3 is 9.26 Å². The first kappa shape index (κ1) is 13.9. The predicted octanol–water partition coefficient (Wildman–Crippen LogP) is 2.73. The number of halogens is 1. The van der Waals surface area contributed by atoms with Gasteiger partial charge in [-0.3, -0.25) is 4.79 Å². The summed E-state index contributed by atoms with van der Waals surface area (Å²) in [6, 6.07) is 7.52. The molecule has 0 saturated heterocycles. The van der Waals surface area contributed by atoms with Crippen molar-refractivity contribution < 1.29 is 14.1 Å². The number of esters is 1. The minimum Gasteiger partial charge on any atom is -0.469 e. The number of aromatic nitrogens is 2. The Morgan fingerprint density at radius 1 is 1.47 bits per heavy atom. The largest absolute Gasteiger partial charge is 0.469 e. The van der Waals surface area contributed by atoms with E-state index in [1.807, 2.05) is 24.3 Å². The van der Waals surface area contributed by atoms with Gasteiger partial charge in [-0.15, -0.1) is 11.8 Å². The average Bonchev–Trinajstić information content (AvgIpc) is 2.85. The van der Waals surface area contributed by atoms with Crippen LogP contribution < -0.4 is 0 Å². The number of rotatable bonds is 5. The van der Waals surface area contributed by atoms with Gasteiger partial charge in [0.05, 0.1) is 17.9 Å². The normalized spacial score (nSPS) is 10.4. The molecule has 5 nitrogen and oxygen atoms in total. The Bertz CT molecular complexity index is 574. The fourth-order valence-corrected chi connectivity index (χ4v) is 2.40. The molecule has 0 saturated carbocycles. The maximum absolute atomic E-state index is 11.0. The first-order valence-electron chi connectivity index (χ1n) is 5.44. The fourth-order valence-electron chi connectivity index (χ4n) is 1.32. The summed E-state index contributed by atoms with van der Waals surface area (Å²) in [5.74, 6) is 0.883. The van der Waals surface area contributed by atoms with Crippen LogP contribution in [0.4, 0.5) is 0 Å². The third-order valence-electron chi connectivity index (χ3n) is 2.23. The molecule has 0 amide bonds. The van der Waals surface area contributed by atoms with E-state index in [1.54, 1.807) is 0 Å². The topological polar surface area (TPSA) is 65.2 Å². The summed E-state index contributed by atoms with van der Waals surface area (Å²) in [5.41, 5.74) is 0. The Morgan fingerprint density at radius 3 is 3.00 bits per heavy atom. The Hall–Kier alpha value is -1.53. The highest BCUT2D eigenvalue weighted by molar-refractivity contribution is 7.98. The first-order chi connectivity index (χ1) is 9.19. The van der Waals surface area contributed by atoms with Gasteiger partial charge in [0.1, 0.15) is 6.42 Å². The van der Waals surface area contributed by atoms with Crippen molar-refractivity contribution >= 4 is 29.3 Å². The molecule has 2 rings (SSSR count). The third-order valence-corrected chi connectivity index (χ3v) is 3.74. The van der Waals surface area contributed by atoms with Gasteiger partial charge in [0.2, 0.25) is 5.89 Å². The van der Waals surface area contributed by atoms with E-state index in [0.717, 1.165) is 4.90 Å². The smallest absolute Gasteiger partial charge is 0.315 e. The molecule has 0 radical (unpaired) electrons. The Kier molecular flexibility index (Phi) is 4.81. The van der Waals surface area contributed by atoms with Crippen LogP contribution in [0.1, 0.15) is 11.7 Å². The minimum atomic E-state index is -0.408. The highest BCUT2D eigenvalue weighted by Gasteiger charge is 2.12. The maximum atomic E-state index is 11.0. The number of ether oxygens (including phenoxy) is 1. The highest BCUT2D eigenvalue weighted by Crippen LogP contribution is 2.28. The summed E-state index contributed by atoms with van der Waals surface area (Å²) in [6.07, 6.45) is -0.0136. The number of benzene rings is 1. The summed E-state index contributed by atoms with van der Waals surface area (Å²) in [6.45, 7) is 0. The van der Waals surface area contributed by atoms with Gasteiger partial charge in [-0.1, -0.05) is 28.9 Å². The summed E-state index contributed by atoms with van der Waals surface area (Å²) in [7, 11) is 1.31. The maximum Gasteiger partial charge on any atom is 0.315 e. The van der Waals surface area contributed by atoms with E-state index in [-0.39, 0.29) is 12.3 Å². The van der Waals surface area contributed by atoms with Crippen molar-refractivity contribution in [3.05, 3.63) is 41.0 Å². The number of hydrogen-bond donors (Lipinski definition) is 0. The molecule has 7 heteroatoms. The molecule has 0 aliphatic heterocycles. The molecule has 19 heavy (non-hydrogen) atoms. The average molecular weight is 299 g/mol. The van der Waals surface area contributed by atoms with Crippen LogP contribution in [0.25, 0.3) is 0 Å². The van der Waals surface area contributed by atoms with Gasteiger partial charge in [-0.05, 0) is 12.1 Å². The van der Waals surface area contributed by atoms with Crippen LogP contribution in [0, 0.1) is 0 Å². The van der Waals surface area contributed by atoms with E-state index < -0.39 is 5.97 Å². The van der Waals surface area contributed by atoms with Crippen molar-refractivity contribution in [2.45, 2.75) is 17.1 Å². The predicted molar refractivity (Wildman–Crippen MR) is 71.0 cm³/mol. The number of nitrogens with zero attached hydrogens (tertiary/aromatic N) is 2. The van der Waals surface area contributed by atoms with Crippen LogP contribution in [0.2, 0.25) is 5.02 Å². The van der Waals surface area contributed by atoms with Gasteiger partial charge in [-0.2, -0.15) is 4.98 Å². The van der Waals surface area contributed by atoms with Crippen molar-refractivity contribution in [3.8, 4) is 0 Å². The minimum absolute atomic E-state index is 0.0136. The van der Waals surface area contributed by atoms with Gasteiger partial charge in [-0.25, -0.2) is 0 Å². The highest BCUT2D eigenvalue weighted by atomic mass is 35.5. The van der Waals surface area contributed by atoms with Crippen LogP contribution in [0.15, 0.2) is 33.7 Å². The zero-order valence-electron chi connectivity index (χ0n) is 10.1. The van der Waals surface area contributed by atoms with Crippen molar-refractivity contribution in [2.75, 3.05) is 7.11 Å². The molecule has 0 aliphatic carbocycles. The Balaban J connectivity index is 1.94. The van der Waals surface area contributed by atoms with Crippen LogP contribution in [-0.4, -0.2) is 23.2 Å². The SMILES string of the molecule is COC(=O)Cc1nc(CSc2ccccc2Cl)no1. The van der Waals surface area contributed by atoms with Crippen LogP contribution in [0.3, 0.4) is 0 Å². The van der Waals surface area contributed by atoms with Gasteiger partial charge >= 0.3 is 5.97 Å². The molecule has 100 valence electrons. The van der Waals surface area contributed by atoms with E-state index in [0.29, 0.717) is 16.6 Å². The number of methoxy groups -OCH3 is 1. The van der Waals surface area contributed by atoms with Gasteiger partial charge in [0, 0.05) is 4.90 Å². The van der Waals surface area contributed by atoms with Crippen molar-refractivity contribution in [3.63, 3.8) is 0 Å². The first-order valence-corrected chi connectivity index (χ1v) is 6.81. The zero-order chi connectivity index (χ0) is 13.7. The second kappa shape index (κ2) is 6.58. The summed E-state index contributed by atoms with van der Waals surface area (Å²) in [4.78, 5) is 16.1. The van der Waals surface area contributed by atoms with E-state index in [1.165, 1.54) is 18.9 Å². The number of carbonyl (C=O) groups excluding carboxylic acids is 1. The van der Waals surface area contributed by atoms with Crippen LogP contribution in [0.5, 0.6) is 0 Å². The van der Waals surface area contributed by atoms with Crippen molar-refractivity contribution in [1.82, 2.24) is 10.1 Å². The summed E-state index contributed by atoms with van der Waals surface area (Å²) in [5, 5.41) is 4.48. The molecule has 1 aromatic carbocycles. The molecule has 0 N–H and O–H groups in total. The van der Waals surface area contributed by atoms with Crippen LogP contribution >= 0.6 is 23.4 Å². The molecule has 0 spiro atoms. The number of hydrogen-bond acceptors (Lipinski definition) is 6. The molecular formula is C12H11ClN2O3S. The number of thioether (sulfide) groups is 1. The van der Waals surface area contributed by atoms with Crippen molar-refractivity contribution in [2.24, 2.45) is 0 Å². The lowest BCUT2D eigenvalue weighted by Crippen LogP contribution is -2.04. The molecule has 0 bridgehead atoms. The lowest BCUT2D eigenvalue weighted by atomic mass is 10.4. The molecule has 1 heterocycles. The summed E-state index contributed by atoms with van der Waals surface area (Å²) >= 11 is 7.54. The standard InChI is InChI=1S/C12H11ClN2O3S/c1-17-12(16)6-11-14-10(15-18-11)7-19-9-5-3-2-4-8(9)13/h2-5H,6-7H2,1H3. The van der Waals surface area contributed by atoms with Crippen molar-refractivity contribution in [1.29, 1.82) is 0 Å². The van der Waals surface area contributed by atoms with Crippen LogP contribution in [-0.2, 0) is 21.7 Å². The molecule has 0 fully saturated rings. The molecular weight excluding hydrogens is 288 g/mol. The lowest BCUT2D eigenvalue weighted by molar-refractivity contribution is -0.140. The third kappa shape index (κ3) is 3.97. The molecule has 1 aromatic heterocycles. The second-order valence-corrected chi connectivity index (χ2v) is 5.00. The lowest BCUT2D eigenvalue weighted by Gasteiger charge is -2.00. The summed E-state index contributed by atoms with van der Waals surface area (Å²) < 4.78 is 9.47. The van der Waals surface area contributed by atoms with E-state index >= 15 is 0 Å². The van der Waals surface area contributed by atoms with E-state index in [9.17, 15) is 4.79 Å². The quantitative estimate of drug-likeness (QED) is 0.624. The molecule has 0 aliphatic rings. The van der Waals surface area contributed by atoms with Gasteiger partial charge in [0.25, 0.3) is 0 Å². The van der Waals surface area contributed by atoms with Gasteiger partial charge in [0.15, 0.2) is 5.82 Å². The molecule has 2 aromatic rings. The van der Waals surface area contributed by atoms with E-state index in [2.05, 4.69) is 14.9 Å². The molecule has 0 unspecified atom stereocenters. The fraction of sp³-hybridized carbons (Fsp3) is 0.250. The zero-order valence-corrected chi connectivity index (χ0v) is 11.7. The Morgan fingerprint density at radius 2 is 2.26 bits per heavy atom. The Labute approximate surface area is 119 Å². The monoisotopic (exact) mass is 298 g/mol. The second-order valence-electron chi connectivity index (χ2n) is 3.58. The van der Waals surface area contributed by atoms with E-state index in [4.69, 9.17) is 16.1 Å². The molecule has 0 atom stereocenters.